The van der Waals surface area contributed by atoms with Crippen molar-refractivity contribution in [2.75, 3.05) is 107 Å². The molecule has 0 saturated carbocycles. The molecule has 0 spiro atoms. The van der Waals surface area contributed by atoms with Crippen LogP contribution in [0.1, 0.15) is 161 Å². The Morgan fingerprint density at radius 3 is 2.31 bits per heavy atom. The number of amides is 11. The monoisotopic (exact) mass is 1630 g/mol. The molecule has 3 unspecified atom stereocenters. The Morgan fingerprint density at radius 1 is 0.826 bits per heavy atom. The van der Waals surface area contributed by atoms with Crippen LogP contribution in [0.3, 0.4) is 0 Å². The zero-order chi connectivity index (χ0) is 83.3. The Hall–Kier alpha value is -10.3. The van der Waals surface area contributed by atoms with Crippen molar-refractivity contribution in [2.45, 2.75) is 160 Å². The maximum Gasteiger partial charge on any atom is 0.415 e. The number of aromatic nitrogens is 2. The van der Waals surface area contributed by atoms with Crippen molar-refractivity contribution in [3.05, 3.63) is 150 Å². The van der Waals surface area contributed by atoms with Gasteiger partial charge in [-0.3, -0.25) is 33.7 Å². The van der Waals surface area contributed by atoms with Crippen LogP contribution in [0.5, 0.6) is 11.5 Å². The van der Waals surface area contributed by atoms with Crippen LogP contribution in [0, 0.1) is 18.8 Å². The fourth-order valence-corrected chi connectivity index (χ4v) is 15.6. The van der Waals surface area contributed by atoms with Crippen LogP contribution >= 0.6 is 23.4 Å². The Labute approximate surface area is 681 Å². The number of alkyl halides is 1. The summed E-state index contributed by atoms with van der Waals surface area (Å²) in [5, 5.41) is 34.4. The highest BCUT2D eigenvalue weighted by Gasteiger charge is 2.43. The number of primary amides is 1. The lowest BCUT2D eigenvalue weighted by atomic mass is 9.92. The average Bonchev–Trinajstić information content (AvgIpc) is 1.60. The van der Waals surface area contributed by atoms with Crippen molar-refractivity contribution in [1.29, 1.82) is 0 Å². The number of alkyl carbamates (subject to hydrolysis) is 1. The molecule has 4 heterocycles. The largest absolute Gasteiger partial charge is 0.508 e. The molecule has 31 heteroatoms. The van der Waals surface area contributed by atoms with Crippen LogP contribution in [0.15, 0.2) is 116 Å². The minimum absolute atomic E-state index is 0.000175. The number of hydrogen-bond acceptors (Lipinski definition) is 19. The summed E-state index contributed by atoms with van der Waals surface area (Å²) >= 11 is 8.28. The molecule has 6 aromatic rings. The highest BCUT2D eigenvalue weighted by Crippen LogP contribution is 2.48. The van der Waals surface area contributed by atoms with E-state index >= 15 is 0 Å². The first-order valence-corrected chi connectivity index (χ1v) is 40.7. The van der Waals surface area contributed by atoms with Gasteiger partial charge in [-0.25, -0.2) is 24.2 Å². The molecular weight excluding hydrogens is 1520 g/mol. The summed E-state index contributed by atoms with van der Waals surface area (Å²) < 4.78 is 30.0. The molecule has 6 atom stereocenters. The molecule has 1 fully saturated rings. The average molecular weight is 1630 g/mol. The Morgan fingerprint density at radius 2 is 1.59 bits per heavy atom. The van der Waals surface area contributed by atoms with E-state index in [1.54, 1.807) is 102 Å². The van der Waals surface area contributed by atoms with Crippen LogP contribution < -0.4 is 42.0 Å². The molecule has 2 aromatic heterocycles. The van der Waals surface area contributed by atoms with Gasteiger partial charge < -0.3 is 85.3 Å². The number of likely N-dealkylation sites (N-methyl/N-ethyl adjacent to an activating group) is 1. The van der Waals surface area contributed by atoms with Gasteiger partial charge >= 0.3 is 24.3 Å². The van der Waals surface area contributed by atoms with Crippen molar-refractivity contribution in [1.82, 2.24) is 40.0 Å². The van der Waals surface area contributed by atoms with E-state index in [1.807, 2.05) is 37.3 Å². The van der Waals surface area contributed by atoms with Crippen LogP contribution in [-0.2, 0) is 51.2 Å². The molecule has 11 amide bonds. The van der Waals surface area contributed by atoms with E-state index in [1.165, 1.54) is 27.8 Å². The number of carbonyl (C=O) groups is 10. The number of imide groups is 1. The van der Waals surface area contributed by atoms with E-state index in [0.717, 1.165) is 67.9 Å². The summed E-state index contributed by atoms with van der Waals surface area (Å²) in [6.45, 7) is 17.2. The Kier molecular flexibility index (Phi) is 35.0. The standard InChI is InChI=1S/C84H111ClN12O17S/c1-10-13-14-15-16-17-21-58-46-59(26-30-67(58)99)75(101)89-62-29-31-70-90-65(52-95(70)51-62)78(104)97-50-60(49-85)73-66(97)47-68(63-22-18-20-56(7)72(63)73)114-83(109)94(38-41-110-43-40-98)37-36-93(9)82(108)113-53-57-24-27-61(28-25-57)88-76(102)64(23-19-35-87-80(86)106)91-77(103)74(54(4)5)92-81(107)112-45-44-111-42-39-96-71(100)48-69(79(96)105)115-84(8,33-11-2)34-32-55(6)12-3/h12,16-18,20,22,24-31,46-47,51-52,54-55,60,64,69,74,98-99H,3,10-11,13-15,19,21,23,32-45,48-50,53H2,1-2,4-9H3,(H,88,102)(H,89,101)(H,91,103)(H,92,107)(H3,86,87,106)/b17-16-/t55?,60-,64+,69?,74+,84?/m1/s1. The summed E-state index contributed by atoms with van der Waals surface area (Å²) in [5.74, 6) is -2.76. The predicted octanol–water partition coefficient (Wildman–Crippen LogP) is 12.2. The zero-order valence-electron chi connectivity index (χ0n) is 67.0. The number of hydrogen-bond donors (Lipinski definition) is 8. The second-order valence-corrected chi connectivity index (χ2v) is 31.6. The highest BCUT2D eigenvalue weighted by molar-refractivity contribution is 8.02. The van der Waals surface area contributed by atoms with Crippen molar-refractivity contribution in [2.24, 2.45) is 17.6 Å². The second kappa shape index (κ2) is 44.6. The number of aryl methyl sites for hydroxylation is 1. The SMILES string of the molecule is C=CC(C)CCC(C)(CCC)SC1CC(=O)N(CCOCCOC(=O)N[C@H](C(=O)N[C@@H](CCCNC(N)=O)C(=O)Nc2ccc(COC(=O)N(C)CCN(CCOCCO)C(=O)Oc3cc4c(c5c(C)cccc35)[C@H](CCl)CN4C(=O)c3cn4cc(NC(=O)c5ccc(O)c(C/C=C\CCCCC)c5)ccc4n3)cc2)C(C)C)C1=O. The number of pyridine rings is 1. The van der Waals surface area contributed by atoms with Crippen LogP contribution in [0.25, 0.3) is 16.4 Å². The number of nitrogens with two attached hydrogens (primary N) is 1. The lowest BCUT2D eigenvalue weighted by Crippen LogP contribution is -2.54. The molecule has 29 nitrogen and oxygen atoms in total. The van der Waals surface area contributed by atoms with Gasteiger partial charge in [0.1, 0.15) is 48.1 Å². The van der Waals surface area contributed by atoms with Crippen molar-refractivity contribution < 1.29 is 81.8 Å². The molecule has 115 heavy (non-hydrogen) atoms. The number of urea groups is 1. The number of aliphatic hydroxyl groups excluding tert-OH is 1. The number of imidazole rings is 1. The van der Waals surface area contributed by atoms with Gasteiger partial charge in [0.2, 0.25) is 23.6 Å². The van der Waals surface area contributed by atoms with Gasteiger partial charge in [0.15, 0.2) is 0 Å². The normalized spacial score (nSPS) is 15.3. The molecule has 2 aliphatic rings. The second-order valence-electron chi connectivity index (χ2n) is 29.5. The van der Waals surface area contributed by atoms with Crippen LogP contribution in [0.4, 0.5) is 36.2 Å². The molecule has 2 aliphatic heterocycles. The van der Waals surface area contributed by atoms with E-state index in [0.29, 0.717) is 57.1 Å². The number of aromatic hydroxyl groups is 1. The number of phenols is 1. The minimum Gasteiger partial charge on any atom is -0.508 e. The van der Waals surface area contributed by atoms with E-state index in [9.17, 15) is 58.2 Å². The van der Waals surface area contributed by atoms with Gasteiger partial charge in [0.25, 0.3) is 11.8 Å². The topological polar surface area (TPSA) is 374 Å². The first-order chi connectivity index (χ1) is 55.2. The van der Waals surface area contributed by atoms with E-state index in [2.05, 4.69) is 71.9 Å². The molecule has 4 aromatic carbocycles. The third kappa shape index (κ3) is 26.1. The van der Waals surface area contributed by atoms with Gasteiger partial charge in [0.05, 0.1) is 56.2 Å². The van der Waals surface area contributed by atoms with Gasteiger partial charge in [-0.1, -0.05) is 109 Å². The molecule has 622 valence electrons. The van der Waals surface area contributed by atoms with Crippen LogP contribution in [-0.4, -0.2) is 208 Å². The number of phenolic OH excluding ortho intramolecular Hbond substituents is 1. The number of carbonyl (C=O) groups excluding carboxylic acids is 10. The molecular formula is C84H111ClN12O17S. The third-order valence-electron chi connectivity index (χ3n) is 20.1. The summed E-state index contributed by atoms with van der Waals surface area (Å²) in [5.41, 5.74) is 10.2. The number of rotatable bonds is 45. The molecule has 9 N–H and O–H groups in total. The van der Waals surface area contributed by atoms with Gasteiger partial charge in [-0.05, 0) is 140 Å². The number of unbranched alkanes of at least 4 members (excludes halogenated alkanes) is 3. The number of likely N-dealkylation sites (tertiary alicyclic amines) is 1. The summed E-state index contributed by atoms with van der Waals surface area (Å²) in [6, 6.07) is 18.6. The quantitative estimate of drug-likeness (QED) is 0.00762. The maximum absolute atomic E-state index is 14.8. The number of anilines is 3. The fraction of sp³-hybridized carbons (Fsp3) is 0.488. The van der Waals surface area contributed by atoms with Gasteiger partial charge in [-0.2, -0.15) is 0 Å². The number of aliphatic hydroxyl groups is 1. The number of halogens is 1. The van der Waals surface area contributed by atoms with Crippen molar-refractivity contribution in [3.8, 4) is 11.5 Å². The highest BCUT2D eigenvalue weighted by atomic mass is 35.5. The number of allylic oxidation sites excluding steroid dienone is 3. The number of nitrogens with one attached hydrogen (secondary N) is 5. The zero-order valence-corrected chi connectivity index (χ0v) is 68.6. The first kappa shape index (κ1) is 90.3. The van der Waals surface area contributed by atoms with E-state index < -0.39 is 71.2 Å². The van der Waals surface area contributed by atoms with Crippen molar-refractivity contribution in [3.63, 3.8) is 0 Å². The summed E-state index contributed by atoms with van der Waals surface area (Å²) in [6.07, 6.45) is 15.6. The lowest BCUT2D eigenvalue weighted by molar-refractivity contribution is -0.139. The minimum atomic E-state index is -1.17. The number of benzene rings is 4. The third-order valence-corrected chi connectivity index (χ3v) is 22.1. The molecule has 0 radical (unpaired) electrons. The number of fused-ring (bicyclic) bond motifs is 4. The van der Waals surface area contributed by atoms with E-state index in [-0.39, 0.29) is 150 Å². The maximum atomic E-state index is 14.8. The smallest absolute Gasteiger partial charge is 0.415 e. The molecule has 0 aliphatic carbocycles. The van der Waals surface area contributed by atoms with Crippen LogP contribution in [0.2, 0.25) is 0 Å². The fourth-order valence-electron chi connectivity index (χ4n) is 13.6. The number of thioether (sulfide) groups is 1. The van der Waals surface area contributed by atoms with Gasteiger partial charge in [0, 0.05) is 97.8 Å². The number of ether oxygens (including phenoxy) is 5. The predicted molar refractivity (Wildman–Crippen MR) is 443 cm³/mol. The van der Waals surface area contributed by atoms with E-state index in [4.69, 9.17) is 41.0 Å². The lowest BCUT2D eigenvalue weighted by Gasteiger charge is -2.31. The Balaban J connectivity index is 0.840. The Bertz CT molecular complexity index is 4410. The van der Waals surface area contributed by atoms with Crippen molar-refractivity contribution >= 4 is 117 Å². The summed E-state index contributed by atoms with van der Waals surface area (Å²) in [7, 11) is 1.49. The molecule has 8 rings (SSSR count). The number of nitrogens with zero attached hydrogens (tertiary/aromatic N) is 6. The summed E-state index contributed by atoms with van der Waals surface area (Å²) in [4.78, 5) is 145. The van der Waals surface area contributed by atoms with Gasteiger partial charge in [-0.15, -0.1) is 29.9 Å². The molecule has 1 saturated heterocycles. The first-order valence-electron chi connectivity index (χ1n) is 39.3. The molecule has 0 bridgehead atoms.